The van der Waals surface area contributed by atoms with Crippen LogP contribution >= 0.6 is 0 Å². The zero-order valence-electron chi connectivity index (χ0n) is 10.2. The second kappa shape index (κ2) is 5.30. The Balaban J connectivity index is 2.09. The first-order valence-corrected chi connectivity index (χ1v) is 5.77. The molecule has 1 aromatic rings. The monoisotopic (exact) mass is 253 g/mol. The molecule has 1 aliphatic rings. The van der Waals surface area contributed by atoms with Crippen molar-refractivity contribution in [2.24, 2.45) is 5.73 Å². The van der Waals surface area contributed by atoms with Gasteiger partial charge in [-0.15, -0.1) is 0 Å². The molecule has 98 valence electrons. The molecule has 1 amide bonds. The number of carbonyl (C=O) groups excluding carboxylic acids is 1. The molecular weight excluding hydrogens is 237 g/mol. The van der Waals surface area contributed by atoms with E-state index in [1.54, 1.807) is 11.0 Å². The fourth-order valence-electron chi connectivity index (χ4n) is 2.19. The maximum absolute atomic E-state index is 13.3. The fourth-order valence-corrected chi connectivity index (χ4v) is 2.19. The molecule has 2 N–H and O–H groups in total. The Morgan fingerprint density at radius 2 is 2.44 bits per heavy atom. The molecule has 0 aromatic carbocycles. The van der Waals surface area contributed by atoms with Crippen molar-refractivity contribution in [3.8, 4) is 5.88 Å². The summed E-state index contributed by atoms with van der Waals surface area (Å²) >= 11 is 0. The van der Waals surface area contributed by atoms with Crippen molar-refractivity contribution >= 4 is 5.91 Å². The van der Waals surface area contributed by atoms with Gasteiger partial charge < -0.3 is 10.5 Å². The van der Waals surface area contributed by atoms with Gasteiger partial charge in [0.25, 0.3) is 0 Å². The largest absolute Gasteiger partial charge is 0.481 e. The second-order valence-electron chi connectivity index (χ2n) is 4.35. The summed E-state index contributed by atoms with van der Waals surface area (Å²) in [4.78, 5) is 17.2. The lowest BCUT2D eigenvalue weighted by molar-refractivity contribution is -0.122. The molecule has 2 rings (SSSR count). The first-order chi connectivity index (χ1) is 8.60. The van der Waals surface area contributed by atoms with E-state index in [9.17, 15) is 9.18 Å². The number of halogens is 1. The average Bonchev–Trinajstić information content (AvgIpc) is 2.70. The Morgan fingerprint density at radius 3 is 3.11 bits per heavy atom. The third-order valence-corrected chi connectivity index (χ3v) is 3.04. The number of likely N-dealkylation sites (tertiary alicyclic amines) is 1. The summed E-state index contributed by atoms with van der Waals surface area (Å²) in [7, 11) is 1.53. The highest BCUT2D eigenvalue weighted by Crippen LogP contribution is 2.22. The van der Waals surface area contributed by atoms with Gasteiger partial charge in [-0.2, -0.15) is 0 Å². The predicted octanol–water partition coefficient (Wildman–Crippen LogP) is 0.488. The van der Waals surface area contributed by atoms with Gasteiger partial charge in [-0.3, -0.25) is 9.69 Å². The van der Waals surface area contributed by atoms with Crippen LogP contribution in [0.2, 0.25) is 0 Å². The van der Waals surface area contributed by atoms with Gasteiger partial charge in [0.05, 0.1) is 18.8 Å². The number of nitrogens with zero attached hydrogens (tertiary/aromatic N) is 2. The molecule has 1 aliphatic heterocycles. The fraction of sp³-hybridized carbons (Fsp3) is 0.500. The minimum absolute atomic E-state index is 0.166. The molecule has 0 radical (unpaired) electrons. The summed E-state index contributed by atoms with van der Waals surface area (Å²) in [5.41, 5.74) is 6.00. The SMILES string of the molecule is COc1cccc(CN2C[C@H](F)C[C@H]2C(N)=O)n1. The maximum Gasteiger partial charge on any atom is 0.234 e. The average molecular weight is 253 g/mol. The van der Waals surface area contributed by atoms with E-state index in [0.29, 0.717) is 12.4 Å². The molecule has 18 heavy (non-hydrogen) atoms. The predicted molar refractivity (Wildman–Crippen MR) is 63.7 cm³/mol. The van der Waals surface area contributed by atoms with Crippen molar-refractivity contribution in [2.75, 3.05) is 13.7 Å². The van der Waals surface area contributed by atoms with Crippen LogP contribution in [-0.4, -0.2) is 41.7 Å². The van der Waals surface area contributed by atoms with E-state index in [-0.39, 0.29) is 13.0 Å². The molecular formula is C12H16FN3O2. The normalized spacial score (nSPS) is 24.1. The molecule has 0 saturated carbocycles. The van der Waals surface area contributed by atoms with Crippen LogP contribution in [-0.2, 0) is 11.3 Å². The summed E-state index contributed by atoms with van der Waals surface area (Å²) in [5, 5.41) is 0. The van der Waals surface area contributed by atoms with Crippen LogP contribution in [0.1, 0.15) is 12.1 Å². The summed E-state index contributed by atoms with van der Waals surface area (Å²) in [6.07, 6.45) is -0.840. The highest BCUT2D eigenvalue weighted by molar-refractivity contribution is 5.80. The first-order valence-electron chi connectivity index (χ1n) is 5.77. The lowest BCUT2D eigenvalue weighted by atomic mass is 10.2. The van der Waals surface area contributed by atoms with Gasteiger partial charge in [0.2, 0.25) is 11.8 Å². The van der Waals surface area contributed by atoms with Gasteiger partial charge >= 0.3 is 0 Å². The number of hydrogen-bond donors (Lipinski definition) is 1. The molecule has 5 nitrogen and oxygen atoms in total. The lowest BCUT2D eigenvalue weighted by Gasteiger charge is -2.20. The molecule has 1 aromatic heterocycles. The van der Waals surface area contributed by atoms with Gasteiger partial charge in [0.15, 0.2) is 0 Å². The third kappa shape index (κ3) is 2.76. The van der Waals surface area contributed by atoms with Crippen molar-refractivity contribution in [3.63, 3.8) is 0 Å². The van der Waals surface area contributed by atoms with Gasteiger partial charge in [0.1, 0.15) is 6.17 Å². The first kappa shape index (κ1) is 12.8. The number of nitrogens with two attached hydrogens (primary N) is 1. The van der Waals surface area contributed by atoms with E-state index in [1.807, 2.05) is 12.1 Å². The number of hydrogen-bond acceptors (Lipinski definition) is 4. The molecule has 0 aliphatic carbocycles. The Labute approximate surface area is 105 Å². The molecule has 1 fully saturated rings. The number of alkyl halides is 1. The number of primary amides is 1. The summed E-state index contributed by atoms with van der Waals surface area (Å²) in [6.45, 7) is 0.609. The minimum atomic E-state index is -1.01. The molecule has 2 atom stereocenters. The molecule has 1 saturated heterocycles. The van der Waals surface area contributed by atoms with E-state index in [4.69, 9.17) is 10.5 Å². The standard InChI is InChI=1S/C12H16FN3O2/c1-18-11-4-2-3-9(15-11)7-16-6-8(13)5-10(16)12(14)17/h2-4,8,10H,5-7H2,1H3,(H2,14,17)/t8-,10+/m1/s1. The van der Waals surface area contributed by atoms with Crippen molar-refractivity contribution in [1.29, 1.82) is 0 Å². The van der Waals surface area contributed by atoms with E-state index in [2.05, 4.69) is 4.98 Å². The van der Waals surface area contributed by atoms with E-state index in [1.165, 1.54) is 7.11 Å². The van der Waals surface area contributed by atoms with Crippen LogP contribution in [0.5, 0.6) is 5.88 Å². The van der Waals surface area contributed by atoms with Gasteiger partial charge in [-0.25, -0.2) is 9.37 Å². The second-order valence-corrected chi connectivity index (χ2v) is 4.35. The van der Waals surface area contributed by atoms with Crippen molar-refractivity contribution in [3.05, 3.63) is 23.9 Å². The molecule has 6 heteroatoms. The number of aromatic nitrogens is 1. The van der Waals surface area contributed by atoms with E-state index < -0.39 is 18.1 Å². The quantitative estimate of drug-likeness (QED) is 0.847. The van der Waals surface area contributed by atoms with Crippen LogP contribution in [0.4, 0.5) is 4.39 Å². The van der Waals surface area contributed by atoms with Crippen molar-refractivity contribution in [2.45, 2.75) is 25.2 Å². The van der Waals surface area contributed by atoms with Crippen molar-refractivity contribution in [1.82, 2.24) is 9.88 Å². The maximum atomic E-state index is 13.3. The third-order valence-electron chi connectivity index (χ3n) is 3.04. The number of rotatable bonds is 4. The number of methoxy groups -OCH3 is 1. The van der Waals surface area contributed by atoms with E-state index >= 15 is 0 Å². The summed E-state index contributed by atoms with van der Waals surface area (Å²) in [5.74, 6) is 0.0113. The topological polar surface area (TPSA) is 68.5 Å². The number of ether oxygens (including phenoxy) is 1. The summed E-state index contributed by atoms with van der Waals surface area (Å²) < 4.78 is 18.4. The van der Waals surface area contributed by atoms with Gasteiger partial charge in [0, 0.05) is 25.6 Å². The molecule has 2 heterocycles. The number of amides is 1. The molecule has 0 spiro atoms. The Bertz CT molecular complexity index is 441. The zero-order valence-corrected chi connectivity index (χ0v) is 10.2. The van der Waals surface area contributed by atoms with Gasteiger partial charge in [-0.05, 0) is 6.07 Å². The lowest BCUT2D eigenvalue weighted by Crippen LogP contribution is -2.39. The smallest absolute Gasteiger partial charge is 0.234 e. The van der Waals surface area contributed by atoms with Crippen molar-refractivity contribution < 1.29 is 13.9 Å². The highest BCUT2D eigenvalue weighted by atomic mass is 19.1. The Hall–Kier alpha value is -1.69. The molecule has 0 unspecified atom stereocenters. The minimum Gasteiger partial charge on any atom is -0.481 e. The highest BCUT2D eigenvalue weighted by Gasteiger charge is 2.35. The van der Waals surface area contributed by atoms with Crippen LogP contribution in [0, 0.1) is 0 Å². The van der Waals surface area contributed by atoms with Gasteiger partial charge in [-0.1, -0.05) is 6.07 Å². The van der Waals surface area contributed by atoms with Crippen LogP contribution in [0.25, 0.3) is 0 Å². The number of pyridine rings is 1. The van der Waals surface area contributed by atoms with Crippen LogP contribution in [0.15, 0.2) is 18.2 Å². The zero-order chi connectivity index (χ0) is 13.1. The van der Waals surface area contributed by atoms with Crippen LogP contribution < -0.4 is 10.5 Å². The number of carbonyl (C=O) groups is 1. The molecule has 0 bridgehead atoms. The Morgan fingerprint density at radius 1 is 1.67 bits per heavy atom. The Kier molecular flexibility index (Phi) is 3.76. The van der Waals surface area contributed by atoms with E-state index in [0.717, 1.165) is 5.69 Å². The van der Waals surface area contributed by atoms with Crippen LogP contribution in [0.3, 0.4) is 0 Å². The summed E-state index contributed by atoms with van der Waals surface area (Å²) in [6, 6.07) is 4.81.